The van der Waals surface area contributed by atoms with E-state index in [0.29, 0.717) is 42.8 Å². The highest BCUT2D eigenvalue weighted by molar-refractivity contribution is 6.07. The van der Waals surface area contributed by atoms with Crippen molar-refractivity contribution in [1.82, 2.24) is 14.3 Å². The molecule has 4 aromatic rings. The summed E-state index contributed by atoms with van der Waals surface area (Å²) in [6.07, 6.45) is 2.82. The predicted octanol–water partition coefficient (Wildman–Crippen LogP) is 3.75. The van der Waals surface area contributed by atoms with Crippen LogP contribution in [0.4, 0.5) is 0 Å². The number of hydrogen-bond acceptors (Lipinski definition) is 5. The molecular weight excluding hydrogens is 430 g/mol. The standard InChI is InChI=1S/C27H25N3O4/c1-18-9-10-24-28-21(15-25(31)30(24)16-18)17-34-27(33)20-11-13-29(14-12-20)26(32)23-8-4-6-19-5-2-3-7-22(19)23/h2-10,15-16,20H,11-14,17H2,1H3. The molecule has 0 atom stereocenters. The van der Waals surface area contributed by atoms with Crippen molar-refractivity contribution in [3.05, 3.63) is 94.0 Å². The van der Waals surface area contributed by atoms with E-state index in [9.17, 15) is 14.4 Å². The van der Waals surface area contributed by atoms with Crippen LogP contribution in [0, 0.1) is 12.8 Å². The summed E-state index contributed by atoms with van der Waals surface area (Å²) >= 11 is 0. The van der Waals surface area contributed by atoms with Gasteiger partial charge in [0.2, 0.25) is 0 Å². The largest absolute Gasteiger partial charge is 0.459 e. The summed E-state index contributed by atoms with van der Waals surface area (Å²) in [7, 11) is 0. The molecule has 0 N–H and O–H groups in total. The van der Waals surface area contributed by atoms with E-state index >= 15 is 0 Å². The van der Waals surface area contributed by atoms with E-state index in [0.717, 1.165) is 16.3 Å². The number of nitrogens with zero attached hydrogens (tertiary/aromatic N) is 3. The molecule has 0 unspecified atom stereocenters. The summed E-state index contributed by atoms with van der Waals surface area (Å²) in [5.41, 5.74) is 2.37. The maximum atomic E-state index is 13.1. The van der Waals surface area contributed by atoms with Gasteiger partial charge >= 0.3 is 5.97 Å². The lowest BCUT2D eigenvalue weighted by molar-refractivity contribution is -0.151. The van der Waals surface area contributed by atoms with E-state index < -0.39 is 0 Å². The number of piperidine rings is 1. The highest BCUT2D eigenvalue weighted by Gasteiger charge is 2.29. The molecule has 1 aliphatic heterocycles. The van der Waals surface area contributed by atoms with Crippen LogP contribution in [-0.2, 0) is 16.1 Å². The number of aryl methyl sites for hydroxylation is 1. The number of ether oxygens (including phenoxy) is 1. The number of fused-ring (bicyclic) bond motifs is 2. The SMILES string of the molecule is Cc1ccc2nc(COC(=O)C3CCN(C(=O)c4cccc5ccccc45)CC3)cc(=O)n2c1. The molecule has 0 spiro atoms. The van der Waals surface area contributed by atoms with Gasteiger partial charge in [0, 0.05) is 30.9 Å². The average Bonchev–Trinajstić information content (AvgIpc) is 2.87. The normalized spacial score (nSPS) is 14.4. The van der Waals surface area contributed by atoms with Gasteiger partial charge in [0.25, 0.3) is 11.5 Å². The quantitative estimate of drug-likeness (QED) is 0.438. The Kier molecular flexibility index (Phi) is 5.84. The van der Waals surface area contributed by atoms with E-state index in [1.54, 1.807) is 17.2 Å². The van der Waals surface area contributed by atoms with Gasteiger partial charge in [0.1, 0.15) is 12.3 Å². The summed E-state index contributed by atoms with van der Waals surface area (Å²) in [5, 5.41) is 1.97. The smallest absolute Gasteiger partial charge is 0.309 e. The Morgan fingerprint density at radius 1 is 1.03 bits per heavy atom. The van der Waals surface area contributed by atoms with Crippen molar-refractivity contribution in [2.45, 2.75) is 26.4 Å². The molecule has 0 aliphatic carbocycles. The number of rotatable bonds is 4. The molecule has 7 heteroatoms. The number of aromatic nitrogens is 2. The predicted molar refractivity (Wildman–Crippen MR) is 129 cm³/mol. The van der Waals surface area contributed by atoms with Crippen molar-refractivity contribution in [3.63, 3.8) is 0 Å². The van der Waals surface area contributed by atoms with Crippen molar-refractivity contribution in [2.24, 2.45) is 5.92 Å². The molecule has 1 saturated heterocycles. The number of amides is 1. The maximum Gasteiger partial charge on any atom is 0.309 e. The minimum atomic E-state index is -0.317. The van der Waals surface area contributed by atoms with Gasteiger partial charge in [-0.1, -0.05) is 42.5 Å². The summed E-state index contributed by atoms with van der Waals surface area (Å²) in [6, 6.07) is 18.6. The van der Waals surface area contributed by atoms with E-state index in [1.807, 2.05) is 55.5 Å². The summed E-state index contributed by atoms with van der Waals surface area (Å²) in [5.74, 6) is -0.608. The van der Waals surface area contributed by atoms with Crippen LogP contribution in [0.2, 0.25) is 0 Å². The second-order valence-corrected chi connectivity index (χ2v) is 8.72. The van der Waals surface area contributed by atoms with Crippen LogP contribution < -0.4 is 5.56 Å². The second kappa shape index (κ2) is 9.09. The van der Waals surface area contributed by atoms with Gasteiger partial charge in [0.05, 0.1) is 11.6 Å². The van der Waals surface area contributed by atoms with Crippen LogP contribution in [0.3, 0.4) is 0 Å². The molecule has 3 heterocycles. The number of pyridine rings is 1. The zero-order chi connectivity index (χ0) is 23.7. The Morgan fingerprint density at radius 3 is 2.62 bits per heavy atom. The number of hydrogen-bond donors (Lipinski definition) is 0. The highest BCUT2D eigenvalue weighted by Crippen LogP contribution is 2.24. The number of carbonyl (C=O) groups is 2. The highest BCUT2D eigenvalue weighted by atomic mass is 16.5. The van der Waals surface area contributed by atoms with Crippen LogP contribution in [0.15, 0.2) is 71.7 Å². The first-order chi connectivity index (χ1) is 16.5. The van der Waals surface area contributed by atoms with Gasteiger partial charge in [0.15, 0.2) is 0 Å². The third-order valence-corrected chi connectivity index (χ3v) is 6.36. The molecule has 1 amide bonds. The molecule has 1 fully saturated rings. The van der Waals surface area contributed by atoms with Crippen LogP contribution in [0.5, 0.6) is 0 Å². The summed E-state index contributed by atoms with van der Waals surface area (Å²) in [6.45, 7) is 2.85. The van der Waals surface area contributed by atoms with E-state index in [4.69, 9.17) is 4.74 Å². The third kappa shape index (κ3) is 4.29. The minimum Gasteiger partial charge on any atom is -0.459 e. The monoisotopic (exact) mass is 455 g/mol. The first-order valence-electron chi connectivity index (χ1n) is 11.4. The van der Waals surface area contributed by atoms with E-state index in [-0.39, 0.29) is 30.0 Å². The number of esters is 1. The third-order valence-electron chi connectivity index (χ3n) is 6.36. The molecule has 2 aromatic carbocycles. The average molecular weight is 456 g/mol. The zero-order valence-corrected chi connectivity index (χ0v) is 18.9. The lowest BCUT2D eigenvalue weighted by Crippen LogP contribution is -2.40. The number of benzene rings is 2. The van der Waals surface area contributed by atoms with E-state index in [2.05, 4.69) is 4.98 Å². The fraction of sp³-hybridized carbons (Fsp3) is 0.259. The molecule has 2 aromatic heterocycles. The molecular formula is C27H25N3O4. The van der Waals surface area contributed by atoms with Crippen molar-refractivity contribution in [3.8, 4) is 0 Å². The Balaban J connectivity index is 1.20. The van der Waals surface area contributed by atoms with Crippen LogP contribution in [0.25, 0.3) is 16.4 Å². The Hall–Kier alpha value is -4.00. The Bertz CT molecular complexity index is 1450. The molecule has 172 valence electrons. The molecule has 0 bridgehead atoms. The molecule has 0 saturated carbocycles. The van der Waals surface area contributed by atoms with Gasteiger partial charge in [-0.25, -0.2) is 4.98 Å². The van der Waals surface area contributed by atoms with Gasteiger partial charge < -0.3 is 9.64 Å². The van der Waals surface area contributed by atoms with Crippen molar-refractivity contribution >= 4 is 28.3 Å². The molecule has 1 aliphatic rings. The lowest BCUT2D eigenvalue weighted by Gasteiger charge is -2.31. The minimum absolute atomic E-state index is 0.0142. The first-order valence-corrected chi connectivity index (χ1v) is 11.4. The van der Waals surface area contributed by atoms with Gasteiger partial charge in [-0.15, -0.1) is 0 Å². The van der Waals surface area contributed by atoms with Gasteiger partial charge in [-0.2, -0.15) is 0 Å². The van der Waals surface area contributed by atoms with Crippen molar-refractivity contribution in [1.29, 1.82) is 0 Å². The van der Waals surface area contributed by atoms with Crippen LogP contribution in [-0.4, -0.2) is 39.3 Å². The molecule has 7 nitrogen and oxygen atoms in total. The van der Waals surface area contributed by atoms with Crippen LogP contribution in [0.1, 0.15) is 34.5 Å². The zero-order valence-electron chi connectivity index (χ0n) is 18.9. The molecule has 34 heavy (non-hydrogen) atoms. The number of likely N-dealkylation sites (tertiary alicyclic amines) is 1. The summed E-state index contributed by atoms with van der Waals surface area (Å²) < 4.78 is 6.96. The van der Waals surface area contributed by atoms with Gasteiger partial charge in [-0.05, 0) is 48.2 Å². The van der Waals surface area contributed by atoms with Crippen LogP contribution >= 0.6 is 0 Å². The maximum absolute atomic E-state index is 13.1. The number of carbonyl (C=O) groups excluding carboxylic acids is 2. The van der Waals surface area contributed by atoms with Crippen molar-refractivity contribution < 1.29 is 14.3 Å². The Labute approximate surface area is 196 Å². The van der Waals surface area contributed by atoms with Gasteiger partial charge in [-0.3, -0.25) is 18.8 Å². The fourth-order valence-electron chi connectivity index (χ4n) is 4.50. The Morgan fingerprint density at radius 2 is 1.79 bits per heavy atom. The van der Waals surface area contributed by atoms with E-state index in [1.165, 1.54) is 10.5 Å². The molecule has 0 radical (unpaired) electrons. The fourth-order valence-corrected chi connectivity index (χ4v) is 4.50. The van der Waals surface area contributed by atoms with Crippen molar-refractivity contribution in [2.75, 3.05) is 13.1 Å². The topological polar surface area (TPSA) is 81.0 Å². The second-order valence-electron chi connectivity index (χ2n) is 8.72. The molecule has 5 rings (SSSR count). The first kappa shape index (κ1) is 21.8. The summed E-state index contributed by atoms with van der Waals surface area (Å²) in [4.78, 5) is 44.3. The lowest BCUT2D eigenvalue weighted by atomic mass is 9.95.